The summed E-state index contributed by atoms with van der Waals surface area (Å²) in [6, 6.07) is 0. The summed E-state index contributed by atoms with van der Waals surface area (Å²) in [5.74, 6) is 1.81. The number of aromatic nitrogens is 2. The third kappa shape index (κ3) is 4.35. The van der Waals surface area contributed by atoms with Crippen LogP contribution in [0.15, 0.2) is 17.4 Å². The lowest BCUT2D eigenvalue weighted by Crippen LogP contribution is -2.50. The molecule has 1 aromatic rings. The zero-order valence-corrected chi connectivity index (χ0v) is 16.2. The number of nitrogens with one attached hydrogen (secondary N) is 1. The van der Waals surface area contributed by atoms with Crippen LogP contribution in [-0.4, -0.2) is 53.9 Å². The van der Waals surface area contributed by atoms with Gasteiger partial charge >= 0.3 is 0 Å². The highest BCUT2D eigenvalue weighted by atomic mass is 16.5. The first-order chi connectivity index (χ1) is 12.0. The summed E-state index contributed by atoms with van der Waals surface area (Å²) in [4.78, 5) is 6.84. The highest BCUT2D eigenvalue weighted by molar-refractivity contribution is 5.80. The van der Waals surface area contributed by atoms with Crippen molar-refractivity contribution in [2.75, 3.05) is 33.3 Å². The molecule has 0 spiro atoms. The molecule has 1 unspecified atom stereocenters. The second-order valence-electron chi connectivity index (χ2n) is 8.12. The van der Waals surface area contributed by atoms with E-state index in [0.717, 1.165) is 37.1 Å². The Hall–Kier alpha value is -1.56. The summed E-state index contributed by atoms with van der Waals surface area (Å²) in [5, 5.41) is 7.90. The summed E-state index contributed by atoms with van der Waals surface area (Å²) in [5.41, 5.74) is 1.44. The van der Waals surface area contributed by atoms with E-state index in [-0.39, 0.29) is 6.10 Å². The SMILES string of the molecule is CN=C(NCC(C)(C)C1CCCC1)N1CCOC(c2cnn(C)c2)C1. The Balaban J connectivity index is 1.58. The molecule has 0 amide bonds. The molecule has 1 atom stereocenters. The molecule has 6 heteroatoms. The van der Waals surface area contributed by atoms with Crippen LogP contribution >= 0.6 is 0 Å². The molecule has 0 aromatic carbocycles. The largest absolute Gasteiger partial charge is 0.370 e. The van der Waals surface area contributed by atoms with Gasteiger partial charge in [0.05, 0.1) is 19.3 Å². The molecule has 1 aliphatic carbocycles. The van der Waals surface area contributed by atoms with E-state index in [2.05, 4.69) is 34.2 Å². The number of aryl methyl sites for hydroxylation is 1. The molecule has 0 radical (unpaired) electrons. The second-order valence-corrected chi connectivity index (χ2v) is 8.12. The fraction of sp³-hybridized carbons (Fsp3) is 0.789. The van der Waals surface area contributed by atoms with Crippen molar-refractivity contribution in [2.24, 2.45) is 23.4 Å². The minimum Gasteiger partial charge on any atom is -0.370 e. The minimum atomic E-state index is 0.0591. The van der Waals surface area contributed by atoms with Gasteiger partial charge in [0, 0.05) is 38.9 Å². The highest BCUT2D eigenvalue weighted by Crippen LogP contribution is 2.39. The predicted octanol–water partition coefficient (Wildman–Crippen LogP) is 2.59. The lowest BCUT2D eigenvalue weighted by Gasteiger charge is -2.37. The van der Waals surface area contributed by atoms with E-state index < -0.39 is 0 Å². The van der Waals surface area contributed by atoms with Crippen LogP contribution in [-0.2, 0) is 11.8 Å². The molecule has 25 heavy (non-hydrogen) atoms. The fourth-order valence-electron chi connectivity index (χ4n) is 4.14. The molecule has 1 aliphatic heterocycles. The van der Waals surface area contributed by atoms with Gasteiger partial charge in [-0.25, -0.2) is 0 Å². The van der Waals surface area contributed by atoms with Crippen molar-refractivity contribution in [1.82, 2.24) is 20.0 Å². The van der Waals surface area contributed by atoms with Crippen molar-refractivity contribution in [3.8, 4) is 0 Å². The zero-order valence-electron chi connectivity index (χ0n) is 16.2. The Labute approximate surface area is 151 Å². The van der Waals surface area contributed by atoms with Crippen LogP contribution in [0.4, 0.5) is 0 Å². The maximum atomic E-state index is 5.95. The molecule has 1 N–H and O–H groups in total. The fourth-order valence-corrected chi connectivity index (χ4v) is 4.14. The van der Waals surface area contributed by atoms with E-state index in [9.17, 15) is 0 Å². The van der Waals surface area contributed by atoms with E-state index in [1.807, 2.05) is 31.2 Å². The Morgan fingerprint density at radius 1 is 1.40 bits per heavy atom. The van der Waals surface area contributed by atoms with Gasteiger partial charge in [-0.15, -0.1) is 0 Å². The van der Waals surface area contributed by atoms with E-state index in [0.29, 0.717) is 12.0 Å². The number of hydrogen-bond donors (Lipinski definition) is 1. The Kier molecular flexibility index (Phi) is 5.67. The molecule has 6 nitrogen and oxygen atoms in total. The molecular formula is C19H33N5O. The molecule has 1 saturated heterocycles. The van der Waals surface area contributed by atoms with Gasteiger partial charge in [-0.3, -0.25) is 9.67 Å². The third-order valence-electron chi connectivity index (χ3n) is 5.84. The lowest BCUT2D eigenvalue weighted by atomic mass is 9.78. The first-order valence-electron chi connectivity index (χ1n) is 9.55. The van der Waals surface area contributed by atoms with Crippen LogP contribution in [0.5, 0.6) is 0 Å². The highest BCUT2D eigenvalue weighted by Gasteiger charge is 2.32. The summed E-state index contributed by atoms with van der Waals surface area (Å²) < 4.78 is 7.78. The maximum absolute atomic E-state index is 5.95. The van der Waals surface area contributed by atoms with Gasteiger partial charge in [-0.1, -0.05) is 26.7 Å². The minimum absolute atomic E-state index is 0.0591. The van der Waals surface area contributed by atoms with E-state index >= 15 is 0 Å². The maximum Gasteiger partial charge on any atom is 0.193 e. The topological polar surface area (TPSA) is 54.7 Å². The summed E-state index contributed by atoms with van der Waals surface area (Å²) in [7, 11) is 3.81. The van der Waals surface area contributed by atoms with Crippen molar-refractivity contribution in [3.63, 3.8) is 0 Å². The van der Waals surface area contributed by atoms with Crippen LogP contribution in [0.2, 0.25) is 0 Å². The van der Waals surface area contributed by atoms with E-state index in [4.69, 9.17) is 4.74 Å². The number of ether oxygens (including phenoxy) is 1. The molecule has 2 aliphatic rings. The van der Waals surface area contributed by atoms with Crippen molar-refractivity contribution in [2.45, 2.75) is 45.6 Å². The van der Waals surface area contributed by atoms with Gasteiger partial charge in [0.1, 0.15) is 6.10 Å². The van der Waals surface area contributed by atoms with Crippen molar-refractivity contribution in [1.29, 1.82) is 0 Å². The van der Waals surface area contributed by atoms with Crippen LogP contribution in [0.1, 0.15) is 51.2 Å². The van der Waals surface area contributed by atoms with Gasteiger partial charge in [-0.05, 0) is 24.2 Å². The van der Waals surface area contributed by atoms with Crippen molar-refractivity contribution in [3.05, 3.63) is 18.0 Å². The van der Waals surface area contributed by atoms with Crippen LogP contribution in [0.3, 0.4) is 0 Å². The smallest absolute Gasteiger partial charge is 0.193 e. The molecule has 2 heterocycles. The number of guanidine groups is 1. The van der Waals surface area contributed by atoms with Crippen molar-refractivity contribution >= 4 is 5.96 Å². The first kappa shape index (κ1) is 18.2. The molecule has 0 bridgehead atoms. The quantitative estimate of drug-likeness (QED) is 0.672. The molecule has 1 saturated carbocycles. The van der Waals surface area contributed by atoms with Gasteiger partial charge in [-0.2, -0.15) is 5.10 Å². The number of hydrogen-bond acceptors (Lipinski definition) is 3. The normalized spacial score (nSPS) is 23.3. The van der Waals surface area contributed by atoms with Gasteiger partial charge < -0.3 is 15.0 Å². The van der Waals surface area contributed by atoms with Crippen LogP contribution < -0.4 is 5.32 Å². The van der Waals surface area contributed by atoms with Crippen molar-refractivity contribution < 1.29 is 4.74 Å². The van der Waals surface area contributed by atoms with Gasteiger partial charge in [0.15, 0.2) is 5.96 Å². The molecule has 2 fully saturated rings. The van der Waals surface area contributed by atoms with E-state index in [1.54, 1.807) is 0 Å². The van der Waals surface area contributed by atoms with Gasteiger partial charge in [0.2, 0.25) is 0 Å². The molecule has 140 valence electrons. The molecular weight excluding hydrogens is 314 g/mol. The summed E-state index contributed by atoms with van der Waals surface area (Å²) >= 11 is 0. The third-order valence-corrected chi connectivity index (χ3v) is 5.84. The average molecular weight is 348 g/mol. The predicted molar refractivity (Wildman–Crippen MR) is 101 cm³/mol. The standard InChI is InChI=1S/C19H33N5O/c1-19(2,16-7-5-6-8-16)14-21-18(20-3)24-9-10-25-17(13-24)15-11-22-23(4)12-15/h11-12,16-17H,5-10,13-14H2,1-4H3,(H,20,21). The second kappa shape index (κ2) is 7.77. The number of rotatable bonds is 4. The lowest BCUT2D eigenvalue weighted by molar-refractivity contribution is -0.00825. The first-order valence-corrected chi connectivity index (χ1v) is 9.55. The number of nitrogens with zero attached hydrogens (tertiary/aromatic N) is 4. The average Bonchev–Trinajstić information content (AvgIpc) is 3.27. The summed E-state index contributed by atoms with van der Waals surface area (Å²) in [6.07, 6.45) is 9.50. The Morgan fingerprint density at radius 2 is 2.16 bits per heavy atom. The molecule has 3 rings (SSSR count). The summed E-state index contributed by atoms with van der Waals surface area (Å²) in [6.45, 7) is 8.16. The van der Waals surface area contributed by atoms with Crippen LogP contribution in [0.25, 0.3) is 0 Å². The molecule has 1 aromatic heterocycles. The van der Waals surface area contributed by atoms with Gasteiger partial charge in [0.25, 0.3) is 0 Å². The Morgan fingerprint density at radius 3 is 2.80 bits per heavy atom. The van der Waals surface area contributed by atoms with E-state index in [1.165, 1.54) is 25.7 Å². The zero-order chi connectivity index (χ0) is 17.9. The number of aliphatic imine (C=N–C) groups is 1. The Bertz CT molecular complexity index is 588. The number of morpholine rings is 1. The monoisotopic (exact) mass is 347 g/mol. The van der Waals surface area contributed by atoms with Crippen LogP contribution in [0, 0.1) is 11.3 Å².